The molecular weight excluding hydrogens is 492 g/mol. The van der Waals surface area contributed by atoms with Crippen LogP contribution in [0.25, 0.3) is 0 Å². The van der Waals surface area contributed by atoms with Gasteiger partial charge in [-0.1, -0.05) is 11.6 Å². The number of ketones is 1. The highest BCUT2D eigenvalue weighted by molar-refractivity contribution is 6.32. The van der Waals surface area contributed by atoms with Crippen LogP contribution in [0.1, 0.15) is 41.6 Å². The Hall–Kier alpha value is -3.40. The lowest BCUT2D eigenvalue weighted by Crippen LogP contribution is -2.27. The van der Waals surface area contributed by atoms with E-state index < -0.39 is 34.2 Å². The summed E-state index contributed by atoms with van der Waals surface area (Å²) < 4.78 is 66.1. The number of aliphatic imine (C=N–C) groups is 1. The van der Waals surface area contributed by atoms with Crippen molar-refractivity contribution in [3.63, 3.8) is 0 Å². The van der Waals surface area contributed by atoms with Gasteiger partial charge in [-0.05, 0) is 49.9 Å². The van der Waals surface area contributed by atoms with E-state index in [1.54, 1.807) is 0 Å². The molecule has 4 rings (SSSR count). The number of ether oxygens (including phenoxy) is 2. The Morgan fingerprint density at radius 1 is 1.09 bits per heavy atom. The molecule has 1 saturated carbocycles. The maximum absolute atomic E-state index is 13.9. The number of hydrogen-bond donors (Lipinski definition) is 1. The zero-order valence-electron chi connectivity index (χ0n) is 18.1. The predicted molar refractivity (Wildman–Crippen MR) is 120 cm³/mol. The highest BCUT2D eigenvalue weighted by Gasteiger charge is 2.35. The lowest BCUT2D eigenvalue weighted by Gasteiger charge is -2.19. The minimum absolute atomic E-state index is 0.000476. The standard InChI is InChI=1S/C24H19ClF4N2O4/c25-19-9-17(23(33)31-14-8-15(32)12-30-11-14)21(10-18(19)24(27,28)29)35-20-6-5-13(26)7-22(20)34-16-3-1-2-4-16/h5-11,16H,1-4,12H2,(H,31,33). The molecule has 2 aliphatic rings. The molecule has 0 radical (unpaired) electrons. The Bertz CT molecular complexity index is 1220. The Morgan fingerprint density at radius 3 is 2.51 bits per heavy atom. The zero-order chi connectivity index (χ0) is 25.2. The number of hydrogen-bond acceptors (Lipinski definition) is 5. The molecule has 1 amide bonds. The van der Waals surface area contributed by atoms with Crippen molar-refractivity contribution in [2.75, 3.05) is 6.54 Å². The van der Waals surface area contributed by atoms with E-state index in [-0.39, 0.29) is 41.2 Å². The van der Waals surface area contributed by atoms with E-state index in [4.69, 9.17) is 21.1 Å². The second-order valence-electron chi connectivity index (χ2n) is 8.03. The van der Waals surface area contributed by atoms with Crippen molar-refractivity contribution >= 4 is 29.5 Å². The predicted octanol–water partition coefficient (Wildman–Crippen LogP) is 5.88. The number of allylic oxidation sites excluding steroid dienone is 1. The first-order valence-corrected chi connectivity index (χ1v) is 11.1. The van der Waals surface area contributed by atoms with E-state index in [0.717, 1.165) is 50.0 Å². The molecule has 1 heterocycles. The Kier molecular flexibility index (Phi) is 7.11. The number of carbonyl (C=O) groups excluding carboxylic acids is 2. The molecule has 6 nitrogen and oxygen atoms in total. The highest BCUT2D eigenvalue weighted by atomic mass is 35.5. The first-order valence-electron chi connectivity index (χ1n) is 10.7. The molecule has 1 fully saturated rings. The van der Waals surface area contributed by atoms with Crippen LogP contribution < -0.4 is 14.8 Å². The fraction of sp³-hybridized carbons (Fsp3) is 0.292. The van der Waals surface area contributed by atoms with Gasteiger partial charge in [-0.3, -0.25) is 14.6 Å². The minimum Gasteiger partial charge on any atom is -0.486 e. The normalized spacial score (nSPS) is 16.3. The van der Waals surface area contributed by atoms with Crippen molar-refractivity contribution in [2.24, 2.45) is 4.99 Å². The molecule has 2 aromatic rings. The van der Waals surface area contributed by atoms with Gasteiger partial charge in [-0.25, -0.2) is 4.39 Å². The minimum atomic E-state index is -4.83. The molecule has 184 valence electrons. The first kappa shape index (κ1) is 24.7. The summed E-state index contributed by atoms with van der Waals surface area (Å²) in [6.07, 6.45) is 0.747. The summed E-state index contributed by atoms with van der Waals surface area (Å²) in [7, 11) is 0. The molecule has 1 aliphatic carbocycles. The number of rotatable bonds is 6. The van der Waals surface area contributed by atoms with Crippen LogP contribution in [0.4, 0.5) is 17.6 Å². The Balaban J connectivity index is 1.72. The van der Waals surface area contributed by atoms with E-state index in [0.29, 0.717) is 6.07 Å². The maximum Gasteiger partial charge on any atom is 0.417 e. The summed E-state index contributed by atoms with van der Waals surface area (Å²) in [6.45, 7) is -0.0752. The zero-order valence-corrected chi connectivity index (χ0v) is 18.9. The molecule has 35 heavy (non-hydrogen) atoms. The lowest BCUT2D eigenvalue weighted by molar-refractivity contribution is -0.137. The average molecular weight is 511 g/mol. The van der Waals surface area contributed by atoms with E-state index in [9.17, 15) is 27.2 Å². The number of amides is 1. The second-order valence-corrected chi connectivity index (χ2v) is 8.44. The number of alkyl halides is 3. The van der Waals surface area contributed by atoms with Crippen molar-refractivity contribution in [3.8, 4) is 17.2 Å². The maximum atomic E-state index is 13.9. The van der Waals surface area contributed by atoms with Gasteiger partial charge >= 0.3 is 6.18 Å². The van der Waals surface area contributed by atoms with Gasteiger partial charge in [0.15, 0.2) is 17.3 Å². The van der Waals surface area contributed by atoms with E-state index in [1.165, 1.54) is 12.3 Å². The van der Waals surface area contributed by atoms with Gasteiger partial charge < -0.3 is 14.8 Å². The van der Waals surface area contributed by atoms with Gasteiger partial charge in [0.1, 0.15) is 18.1 Å². The van der Waals surface area contributed by atoms with Crippen molar-refractivity contribution in [2.45, 2.75) is 38.0 Å². The van der Waals surface area contributed by atoms with Gasteiger partial charge in [0, 0.05) is 18.4 Å². The second kappa shape index (κ2) is 10.1. The van der Waals surface area contributed by atoms with E-state index in [2.05, 4.69) is 10.3 Å². The average Bonchev–Trinajstić information content (AvgIpc) is 3.28. The van der Waals surface area contributed by atoms with Crippen LogP contribution in [-0.4, -0.2) is 30.6 Å². The number of nitrogens with zero attached hydrogens (tertiary/aromatic N) is 1. The molecule has 0 spiro atoms. The van der Waals surface area contributed by atoms with Crippen LogP contribution in [0.2, 0.25) is 5.02 Å². The van der Waals surface area contributed by atoms with Crippen LogP contribution >= 0.6 is 11.6 Å². The van der Waals surface area contributed by atoms with Gasteiger partial charge in [0.05, 0.1) is 28.0 Å². The molecule has 0 atom stereocenters. The van der Waals surface area contributed by atoms with Crippen molar-refractivity contribution in [1.82, 2.24) is 5.32 Å². The quantitative estimate of drug-likeness (QED) is 0.492. The SMILES string of the molecule is O=C1C=C(NC(=O)c2cc(Cl)c(C(F)(F)F)cc2Oc2ccc(F)cc2OC2CCCC2)C=NC1. The Labute approximate surface area is 202 Å². The molecule has 0 saturated heterocycles. The first-order chi connectivity index (χ1) is 16.6. The van der Waals surface area contributed by atoms with Gasteiger partial charge in [0.25, 0.3) is 5.91 Å². The summed E-state index contributed by atoms with van der Waals surface area (Å²) in [5, 5.41) is 1.68. The number of carbonyl (C=O) groups is 2. The van der Waals surface area contributed by atoms with Crippen LogP contribution in [0.15, 0.2) is 47.1 Å². The van der Waals surface area contributed by atoms with E-state index in [1.807, 2.05) is 0 Å². The molecule has 2 aromatic carbocycles. The lowest BCUT2D eigenvalue weighted by atomic mass is 10.1. The topological polar surface area (TPSA) is 77.0 Å². The van der Waals surface area contributed by atoms with E-state index >= 15 is 0 Å². The third kappa shape index (κ3) is 6.00. The number of halogens is 5. The van der Waals surface area contributed by atoms with Crippen molar-refractivity contribution < 1.29 is 36.6 Å². The molecule has 0 aromatic heterocycles. The van der Waals surface area contributed by atoms with Gasteiger partial charge in [0.2, 0.25) is 0 Å². The monoisotopic (exact) mass is 510 g/mol. The molecule has 0 bridgehead atoms. The van der Waals surface area contributed by atoms with Gasteiger partial charge in [-0.2, -0.15) is 13.2 Å². The largest absolute Gasteiger partial charge is 0.486 e. The van der Waals surface area contributed by atoms with Crippen LogP contribution in [-0.2, 0) is 11.0 Å². The van der Waals surface area contributed by atoms with Gasteiger partial charge in [-0.15, -0.1) is 0 Å². The summed E-state index contributed by atoms with van der Waals surface area (Å²) >= 11 is 5.84. The smallest absolute Gasteiger partial charge is 0.417 e. The fourth-order valence-electron chi connectivity index (χ4n) is 3.75. The van der Waals surface area contributed by atoms with Crippen LogP contribution in [0.5, 0.6) is 17.2 Å². The molecular formula is C24H19ClF4N2O4. The number of dihydropyridines is 1. The molecule has 11 heteroatoms. The summed E-state index contributed by atoms with van der Waals surface area (Å²) in [4.78, 5) is 28.3. The number of benzene rings is 2. The summed E-state index contributed by atoms with van der Waals surface area (Å²) in [6, 6.07) is 4.75. The molecule has 1 N–H and O–H groups in total. The number of nitrogens with one attached hydrogen (secondary N) is 1. The van der Waals surface area contributed by atoms with Crippen LogP contribution in [0.3, 0.4) is 0 Å². The third-order valence-corrected chi connectivity index (χ3v) is 5.71. The van der Waals surface area contributed by atoms with Crippen molar-refractivity contribution in [3.05, 3.63) is 64.1 Å². The summed E-state index contributed by atoms with van der Waals surface area (Å²) in [5.74, 6) is -2.42. The van der Waals surface area contributed by atoms with Crippen LogP contribution in [0, 0.1) is 5.82 Å². The highest BCUT2D eigenvalue weighted by Crippen LogP contribution is 2.42. The van der Waals surface area contributed by atoms with Crippen molar-refractivity contribution in [1.29, 1.82) is 0 Å². The third-order valence-electron chi connectivity index (χ3n) is 5.39. The molecule has 1 aliphatic heterocycles. The molecule has 0 unspecified atom stereocenters. The summed E-state index contributed by atoms with van der Waals surface area (Å²) in [5.41, 5.74) is -1.51. The Morgan fingerprint density at radius 2 is 1.83 bits per heavy atom. The fourth-order valence-corrected chi connectivity index (χ4v) is 4.02.